The molecule has 7 heteroatoms. The van der Waals surface area contributed by atoms with Crippen LogP contribution in [-0.4, -0.2) is 51.6 Å². The van der Waals surface area contributed by atoms with Crippen molar-refractivity contribution in [2.45, 2.75) is 6.04 Å². The van der Waals surface area contributed by atoms with Crippen molar-refractivity contribution < 1.29 is 19.1 Å². The van der Waals surface area contributed by atoms with Crippen molar-refractivity contribution in [3.63, 3.8) is 0 Å². The maximum absolute atomic E-state index is 12.5. The third-order valence-electron chi connectivity index (χ3n) is 5.12. The number of methoxy groups -OCH3 is 2. The molecule has 0 aliphatic heterocycles. The van der Waals surface area contributed by atoms with Gasteiger partial charge in [0.05, 0.1) is 25.9 Å². The molecule has 0 heterocycles. The Morgan fingerprint density at radius 3 is 2.39 bits per heavy atom. The van der Waals surface area contributed by atoms with E-state index < -0.39 is 11.8 Å². The van der Waals surface area contributed by atoms with Gasteiger partial charge < -0.3 is 25.0 Å². The van der Waals surface area contributed by atoms with E-state index in [9.17, 15) is 9.59 Å². The molecule has 3 rings (SSSR count). The number of carbonyl (C=O) groups is 2. The van der Waals surface area contributed by atoms with Crippen LogP contribution in [0, 0.1) is 0 Å². The van der Waals surface area contributed by atoms with E-state index >= 15 is 0 Å². The van der Waals surface area contributed by atoms with Gasteiger partial charge in [-0.3, -0.25) is 9.59 Å². The zero-order chi connectivity index (χ0) is 22.4. The topological polar surface area (TPSA) is 79.9 Å². The van der Waals surface area contributed by atoms with E-state index in [0.29, 0.717) is 17.2 Å². The number of hydrogen-bond acceptors (Lipinski definition) is 5. The van der Waals surface area contributed by atoms with Crippen molar-refractivity contribution in [1.29, 1.82) is 0 Å². The molecule has 2 amide bonds. The van der Waals surface area contributed by atoms with E-state index in [1.165, 1.54) is 14.2 Å². The highest BCUT2D eigenvalue weighted by Crippen LogP contribution is 2.29. The van der Waals surface area contributed by atoms with E-state index in [1.807, 2.05) is 43.3 Å². The van der Waals surface area contributed by atoms with Gasteiger partial charge in [-0.1, -0.05) is 42.5 Å². The van der Waals surface area contributed by atoms with Gasteiger partial charge in [-0.2, -0.15) is 0 Å². The standard InChI is InChI=1S/C24H27N3O4/c1-27(2)21(19-11-7-9-16-8-5-6-10-18(16)19)15-25-23(28)24(29)26-20-14-17(30-3)12-13-22(20)31-4/h5-14,21H,15H2,1-4H3,(H,25,28)(H,26,29)/t21-/m1/s1. The summed E-state index contributed by atoms with van der Waals surface area (Å²) in [6, 6.07) is 19.1. The summed E-state index contributed by atoms with van der Waals surface area (Å²) in [6.07, 6.45) is 0. The number of hydrogen-bond donors (Lipinski definition) is 2. The average molecular weight is 421 g/mol. The van der Waals surface area contributed by atoms with E-state index in [-0.39, 0.29) is 12.6 Å². The third kappa shape index (κ3) is 5.13. The van der Waals surface area contributed by atoms with Crippen LogP contribution in [-0.2, 0) is 9.59 Å². The van der Waals surface area contributed by atoms with Gasteiger partial charge >= 0.3 is 11.8 Å². The first kappa shape index (κ1) is 22.1. The number of ether oxygens (including phenoxy) is 2. The molecule has 3 aromatic rings. The SMILES string of the molecule is COc1ccc(OC)c(NC(=O)C(=O)NC[C@H](c2cccc3ccccc23)N(C)C)c1. The fourth-order valence-corrected chi connectivity index (χ4v) is 3.47. The predicted octanol–water partition coefficient (Wildman–Crippen LogP) is 3.21. The lowest BCUT2D eigenvalue weighted by Gasteiger charge is -2.26. The van der Waals surface area contributed by atoms with Gasteiger partial charge in [-0.25, -0.2) is 0 Å². The Bertz CT molecular complexity index is 1080. The summed E-state index contributed by atoms with van der Waals surface area (Å²) < 4.78 is 10.4. The zero-order valence-electron chi connectivity index (χ0n) is 18.1. The monoisotopic (exact) mass is 421 g/mol. The van der Waals surface area contributed by atoms with Crippen LogP contribution < -0.4 is 20.1 Å². The molecule has 2 N–H and O–H groups in total. The molecule has 162 valence electrons. The molecule has 0 saturated heterocycles. The van der Waals surface area contributed by atoms with Crippen LogP contribution in [0.4, 0.5) is 5.69 Å². The van der Waals surface area contributed by atoms with Crippen LogP contribution in [0.25, 0.3) is 10.8 Å². The maximum Gasteiger partial charge on any atom is 0.313 e. The fourth-order valence-electron chi connectivity index (χ4n) is 3.47. The molecule has 0 aliphatic carbocycles. The number of nitrogens with one attached hydrogen (secondary N) is 2. The van der Waals surface area contributed by atoms with Crippen molar-refractivity contribution in [2.24, 2.45) is 0 Å². The van der Waals surface area contributed by atoms with E-state index in [0.717, 1.165) is 16.3 Å². The van der Waals surface area contributed by atoms with Crippen molar-refractivity contribution in [3.05, 3.63) is 66.2 Å². The Hall–Kier alpha value is -3.58. The molecule has 7 nitrogen and oxygen atoms in total. The van der Waals surface area contributed by atoms with Gasteiger partial charge in [0.2, 0.25) is 0 Å². The van der Waals surface area contributed by atoms with Crippen LogP contribution in [0.5, 0.6) is 11.5 Å². The van der Waals surface area contributed by atoms with Crippen LogP contribution in [0.2, 0.25) is 0 Å². The molecular weight excluding hydrogens is 394 g/mol. The number of nitrogens with zero attached hydrogens (tertiary/aromatic N) is 1. The lowest BCUT2D eigenvalue weighted by molar-refractivity contribution is -0.136. The average Bonchev–Trinajstić information content (AvgIpc) is 2.78. The maximum atomic E-state index is 12.5. The largest absolute Gasteiger partial charge is 0.497 e. The lowest BCUT2D eigenvalue weighted by atomic mass is 9.98. The molecule has 0 saturated carbocycles. The summed E-state index contributed by atoms with van der Waals surface area (Å²) >= 11 is 0. The normalized spacial score (nSPS) is 11.8. The zero-order valence-corrected chi connectivity index (χ0v) is 18.1. The van der Waals surface area contributed by atoms with Crippen molar-refractivity contribution >= 4 is 28.3 Å². The molecule has 0 aliphatic rings. The van der Waals surface area contributed by atoms with Gasteiger partial charge in [0.1, 0.15) is 11.5 Å². The summed E-state index contributed by atoms with van der Waals surface area (Å²) in [6.45, 7) is 0.280. The summed E-state index contributed by atoms with van der Waals surface area (Å²) in [5, 5.41) is 7.58. The number of anilines is 1. The minimum atomic E-state index is -0.776. The molecule has 1 atom stereocenters. The van der Waals surface area contributed by atoms with E-state index in [4.69, 9.17) is 9.47 Å². The number of likely N-dealkylation sites (N-methyl/N-ethyl adjacent to an activating group) is 1. The van der Waals surface area contributed by atoms with Gasteiger partial charge in [0, 0.05) is 12.6 Å². The smallest absolute Gasteiger partial charge is 0.313 e. The first-order valence-electron chi connectivity index (χ1n) is 9.90. The summed E-state index contributed by atoms with van der Waals surface area (Å²) in [7, 11) is 6.90. The molecule has 0 aromatic heterocycles. The summed E-state index contributed by atoms with van der Waals surface area (Å²) in [5.74, 6) is -0.525. The molecule has 31 heavy (non-hydrogen) atoms. The Morgan fingerprint density at radius 1 is 0.935 bits per heavy atom. The highest BCUT2D eigenvalue weighted by Gasteiger charge is 2.21. The number of rotatable bonds is 7. The minimum Gasteiger partial charge on any atom is -0.497 e. The second-order valence-corrected chi connectivity index (χ2v) is 7.28. The van der Waals surface area contributed by atoms with Gasteiger partial charge in [-0.15, -0.1) is 0 Å². The van der Waals surface area contributed by atoms with Gasteiger partial charge in [0.25, 0.3) is 0 Å². The Kier molecular flexibility index (Phi) is 7.10. The molecule has 3 aromatic carbocycles. The second kappa shape index (κ2) is 9.95. The fraction of sp³-hybridized carbons (Fsp3) is 0.250. The molecule has 0 fully saturated rings. The highest BCUT2D eigenvalue weighted by atomic mass is 16.5. The molecule has 0 unspecified atom stereocenters. The van der Waals surface area contributed by atoms with Gasteiger partial charge in [0.15, 0.2) is 0 Å². The lowest BCUT2D eigenvalue weighted by Crippen LogP contribution is -2.40. The molecular formula is C24H27N3O4. The van der Waals surface area contributed by atoms with Crippen molar-refractivity contribution in [2.75, 3.05) is 40.2 Å². The second-order valence-electron chi connectivity index (χ2n) is 7.28. The van der Waals surface area contributed by atoms with Crippen LogP contribution >= 0.6 is 0 Å². The van der Waals surface area contributed by atoms with Crippen LogP contribution in [0.15, 0.2) is 60.7 Å². The first-order valence-corrected chi connectivity index (χ1v) is 9.90. The highest BCUT2D eigenvalue weighted by molar-refractivity contribution is 6.39. The van der Waals surface area contributed by atoms with Crippen molar-refractivity contribution in [3.8, 4) is 11.5 Å². The van der Waals surface area contributed by atoms with Crippen LogP contribution in [0.1, 0.15) is 11.6 Å². The van der Waals surface area contributed by atoms with Crippen LogP contribution in [0.3, 0.4) is 0 Å². The number of carbonyl (C=O) groups excluding carboxylic acids is 2. The Labute approximate surface area is 181 Å². The van der Waals surface area contributed by atoms with Crippen molar-refractivity contribution in [1.82, 2.24) is 10.2 Å². The third-order valence-corrected chi connectivity index (χ3v) is 5.12. The Morgan fingerprint density at radius 2 is 1.68 bits per heavy atom. The predicted molar refractivity (Wildman–Crippen MR) is 122 cm³/mol. The Balaban J connectivity index is 1.73. The molecule has 0 spiro atoms. The first-order chi connectivity index (χ1) is 14.9. The van der Waals surface area contributed by atoms with Gasteiger partial charge in [-0.05, 0) is 42.6 Å². The number of amides is 2. The van der Waals surface area contributed by atoms with E-state index in [1.54, 1.807) is 18.2 Å². The minimum absolute atomic E-state index is 0.103. The number of benzene rings is 3. The van der Waals surface area contributed by atoms with E-state index in [2.05, 4.69) is 28.8 Å². The number of fused-ring (bicyclic) bond motifs is 1. The summed E-state index contributed by atoms with van der Waals surface area (Å²) in [4.78, 5) is 27.0. The summed E-state index contributed by atoms with van der Waals surface area (Å²) in [5.41, 5.74) is 1.44. The molecule has 0 radical (unpaired) electrons. The quantitative estimate of drug-likeness (QED) is 0.573. The molecule has 0 bridgehead atoms.